The van der Waals surface area contributed by atoms with Crippen LogP contribution in [0.4, 0.5) is 0 Å². The van der Waals surface area contributed by atoms with Crippen molar-refractivity contribution in [3.63, 3.8) is 0 Å². The van der Waals surface area contributed by atoms with Crippen LogP contribution in [0.1, 0.15) is 32.6 Å². The van der Waals surface area contributed by atoms with Crippen molar-refractivity contribution in [2.45, 2.75) is 44.1 Å². The SMILES string of the molecule is CCCNC1CCC2=C(C1)SC(NI)N2. The monoisotopic (exact) mass is 339 g/mol. The number of nitrogens with one attached hydrogen (secondary N) is 3. The Morgan fingerprint density at radius 2 is 2.47 bits per heavy atom. The molecular weight excluding hydrogens is 321 g/mol. The lowest BCUT2D eigenvalue weighted by Crippen LogP contribution is -2.33. The van der Waals surface area contributed by atoms with Crippen molar-refractivity contribution in [3.05, 3.63) is 10.6 Å². The molecular formula is C10H18IN3S. The van der Waals surface area contributed by atoms with Crippen LogP contribution in [0.2, 0.25) is 0 Å². The Bertz CT molecular complexity index is 257. The zero-order valence-electron chi connectivity index (χ0n) is 8.98. The van der Waals surface area contributed by atoms with E-state index in [1.165, 1.54) is 31.4 Å². The average molecular weight is 339 g/mol. The summed E-state index contributed by atoms with van der Waals surface area (Å²) in [5.41, 5.74) is 1.87. The summed E-state index contributed by atoms with van der Waals surface area (Å²) >= 11 is 4.16. The molecule has 2 unspecified atom stereocenters. The van der Waals surface area contributed by atoms with Crippen LogP contribution in [0.5, 0.6) is 0 Å². The van der Waals surface area contributed by atoms with Crippen molar-refractivity contribution in [2.24, 2.45) is 0 Å². The Kier molecular flexibility index (Phi) is 4.60. The molecule has 0 aromatic heterocycles. The van der Waals surface area contributed by atoms with Gasteiger partial charge in [-0.05, 0) is 32.2 Å². The summed E-state index contributed by atoms with van der Waals surface area (Å²) in [6, 6.07) is 0.700. The molecule has 0 aromatic rings. The number of thioether (sulfide) groups is 1. The maximum Gasteiger partial charge on any atom is 0.138 e. The van der Waals surface area contributed by atoms with Gasteiger partial charge in [-0.3, -0.25) is 0 Å². The molecule has 0 bridgehead atoms. The van der Waals surface area contributed by atoms with Crippen molar-refractivity contribution in [1.29, 1.82) is 0 Å². The molecule has 1 heterocycles. The highest BCUT2D eigenvalue weighted by Crippen LogP contribution is 2.38. The van der Waals surface area contributed by atoms with Gasteiger partial charge in [0.15, 0.2) is 0 Å². The topological polar surface area (TPSA) is 36.1 Å². The second-order valence-corrected chi connectivity index (χ2v) is 5.87. The van der Waals surface area contributed by atoms with Crippen LogP contribution < -0.4 is 14.2 Å². The van der Waals surface area contributed by atoms with E-state index < -0.39 is 0 Å². The summed E-state index contributed by atoms with van der Waals surface area (Å²) in [6.07, 6.45) is 4.92. The molecule has 0 saturated carbocycles. The number of rotatable bonds is 4. The minimum atomic E-state index is 0.389. The van der Waals surface area contributed by atoms with Gasteiger partial charge in [-0.2, -0.15) is 0 Å². The molecule has 0 radical (unpaired) electrons. The van der Waals surface area contributed by atoms with Crippen molar-refractivity contribution in [1.82, 2.24) is 14.2 Å². The molecule has 0 saturated heterocycles. The standard InChI is InChI=1S/C10H18IN3S/c1-2-5-12-7-3-4-8-9(6-7)15-10(13-8)14-11/h7,10,12-14H,2-6H2,1H3. The maximum absolute atomic E-state index is 3.62. The van der Waals surface area contributed by atoms with Crippen LogP contribution in [-0.4, -0.2) is 18.1 Å². The van der Waals surface area contributed by atoms with Gasteiger partial charge in [0, 0.05) is 39.5 Å². The molecule has 0 amide bonds. The molecule has 0 fully saturated rings. The lowest BCUT2D eigenvalue weighted by Gasteiger charge is -2.23. The van der Waals surface area contributed by atoms with E-state index in [1.54, 1.807) is 4.91 Å². The van der Waals surface area contributed by atoms with Crippen LogP contribution in [0, 0.1) is 0 Å². The molecule has 2 aliphatic rings. The third-order valence-corrected chi connectivity index (χ3v) is 5.07. The number of hydrogen-bond acceptors (Lipinski definition) is 4. The molecule has 0 spiro atoms. The fraction of sp³-hybridized carbons (Fsp3) is 0.800. The van der Waals surface area contributed by atoms with Crippen LogP contribution in [0.15, 0.2) is 10.6 Å². The normalized spacial score (nSPS) is 30.3. The van der Waals surface area contributed by atoms with Crippen molar-refractivity contribution < 1.29 is 0 Å². The zero-order chi connectivity index (χ0) is 10.7. The molecule has 15 heavy (non-hydrogen) atoms. The highest BCUT2D eigenvalue weighted by Gasteiger charge is 2.28. The fourth-order valence-corrected chi connectivity index (χ4v) is 3.75. The molecule has 3 nitrogen and oxygen atoms in total. The molecule has 86 valence electrons. The molecule has 2 rings (SSSR count). The highest BCUT2D eigenvalue weighted by molar-refractivity contribution is 14.1. The van der Waals surface area contributed by atoms with E-state index in [0.717, 1.165) is 6.54 Å². The van der Waals surface area contributed by atoms with Crippen LogP contribution in [0.3, 0.4) is 0 Å². The van der Waals surface area contributed by atoms with Gasteiger partial charge in [0.05, 0.1) is 0 Å². The summed E-state index contributed by atoms with van der Waals surface area (Å²) < 4.78 is 3.24. The first-order chi connectivity index (χ1) is 7.33. The van der Waals surface area contributed by atoms with Crippen LogP contribution in [-0.2, 0) is 0 Å². The van der Waals surface area contributed by atoms with Crippen molar-refractivity contribution in [2.75, 3.05) is 6.54 Å². The Morgan fingerprint density at radius 1 is 1.60 bits per heavy atom. The first kappa shape index (κ1) is 12.0. The molecule has 5 heteroatoms. The Balaban J connectivity index is 1.85. The summed E-state index contributed by atoms with van der Waals surface area (Å²) in [5, 5.41) is 7.13. The molecule has 3 N–H and O–H groups in total. The predicted molar refractivity (Wildman–Crippen MR) is 74.6 cm³/mol. The summed E-state index contributed by atoms with van der Waals surface area (Å²) in [4.78, 5) is 1.56. The van der Waals surface area contributed by atoms with Gasteiger partial charge in [0.1, 0.15) is 5.50 Å². The Morgan fingerprint density at radius 3 is 3.20 bits per heavy atom. The molecule has 1 aliphatic heterocycles. The lowest BCUT2D eigenvalue weighted by atomic mass is 9.99. The number of hydrogen-bond donors (Lipinski definition) is 3. The maximum atomic E-state index is 3.62. The second kappa shape index (κ2) is 5.75. The Labute approximate surface area is 110 Å². The second-order valence-electron chi connectivity index (χ2n) is 4.05. The first-order valence-corrected chi connectivity index (χ1v) is 7.54. The van der Waals surface area contributed by atoms with E-state index in [9.17, 15) is 0 Å². The number of allylic oxidation sites excluding steroid dienone is 1. The van der Waals surface area contributed by atoms with Gasteiger partial charge in [-0.25, -0.2) is 3.53 Å². The molecule has 1 aliphatic carbocycles. The van der Waals surface area contributed by atoms with Gasteiger partial charge in [0.25, 0.3) is 0 Å². The van der Waals surface area contributed by atoms with Gasteiger partial charge in [0.2, 0.25) is 0 Å². The molecule has 0 aromatic carbocycles. The predicted octanol–water partition coefficient (Wildman–Crippen LogP) is 2.31. The van der Waals surface area contributed by atoms with Gasteiger partial charge in [-0.15, -0.1) is 0 Å². The fourth-order valence-electron chi connectivity index (χ4n) is 2.08. The smallest absolute Gasteiger partial charge is 0.138 e. The number of halogens is 1. The van der Waals surface area contributed by atoms with E-state index in [-0.39, 0.29) is 0 Å². The summed E-state index contributed by atoms with van der Waals surface area (Å²) in [6.45, 7) is 3.38. The minimum absolute atomic E-state index is 0.389. The van der Waals surface area contributed by atoms with E-state index in [4.69, 9.17) is 0 Å². The zero-order valence-corrected chi connectivity index (χ0v) is 12.0. The quantitative estimate of drug-likeness (QED) is 0.543. The van der Waals surface area contributed by atoms with Crippen LogP contribution in [0.25, 0.3) is 0 Å². The van der Waals surface area contributed by atoms with Gasteiger partial charge in [-0.1, -0.05) is 18.7 Å². The third-order valence-electron chi connectivity index (χ3n) is 2.86. The molecule has 2 atom stereocenters. The third kappa shape index (κ3) is 3.01. The minimum Gasteiger partial charge on any atom is -0.363 e. The highest BCUT2D eigenvalue weighted by atomic mass is 127. The lowest BCUT2D eigenvalue weighted by molar-refractivity contribution is 0.457. The van der Waals surface area contributed by atoms with E-state index in [1.807, 2.05) is 11.8 Å². The van der Waals surface area contributed by atoms with Crippen molar-refractivity contribution >= 4 is 34.6 Å². The largest absolute Gasteiger partial charge is 0.363 e. The van der Waals surface area contributed by atoms with Gasteiger partial charge < -0.3 is 10.6 Å². The first-order valence-electron chi connectivity index (χ1n) is 5.58. The summed E-state index contributed by atoms with van der Waals surface area (Å²) in [7, 11) is 0. The Hall–Kier alpha value is 0.540. The van der Waals surface area contributed by atoms with E-state index in [2.05, 4.69) is 44.0 Å². The van der Waals surface area contributed by atoms with Crippen LogP contribution >= 0.6 is 34.6 Å². The summed E-state index contributed by atoms with van der Waals surface area (Å²) in [5.74, 6) is 0. The average Bonchev–Trinajstić information content (AvgIpc) is 2.68. The van der Waals surface area contributed by atoms with E-state index >= 15 is 0 Å². The van der Waals surface area contributed by atoms with E-state index in [0.29, 0.717) is 11.5 Å². The van der Waals surface area contributed by atoms with Gasteiger partial charge >= 0.3 is 0 Å². The van der Waals surface area contributed by atoms with Crippen molar-refractivity contribution in [3.8, 4) is 0 Å².